The first-order valence-corrected chi connectivity index (χ1v) is 7.10. The highest BCUT2D eigenvalue weighted by atomic mass is 16.6. The maximum absolute atomic E-state index is 11.5. The normalized spacial score (nSPS) is 13.0. The van der Waals surface area contributed by atoms with Crippen molar-refractivity contribution in [2.45, 2.75) is 65.2 Å². The number of amides is 1. The molecular formula is C15H25NO6. The van der Waals surface area contributed by atoms with Crippen LogP contribution in [0.25, 0.3) is 0 Å². The standard InChI is InChI=1S/C15H25NO6/c1-10(2)21-12(17)9-7-6-8-11(13(18)19)16-14(20)22-15(3,4)5/h7,9-11H,6,8H2,1-5H3,(H,16,20)(H,18,19)/b9-7+/t11-/m0/s1. The van der Waals surface area contributed by atoms with Crippen LogP contribution in [-0.2, 0) is 19.1 Å². The molecule has 22 heavy (non-hydrogen) atoms. The molecule has 0 spiro atoms. The van der Waals surface area contributed by atoms with E-state index in [2.05, 4.69) is 5.32 Å². The van der Waals surface area contributed by atoms with Gasteiger partial charge in [0.1, 0.15) is 11.6 Å². The van der Waals surface area contributed by atoms with E-state index in [1.165, 1.54) is 12.2 Å². The van der Waals surface area contributed by atoms with Crippen molar-refractivity contribution in [3.05, 3.63) is 12.2 Å². The molecule has 0 fully saturated rings. The molecule has 1 amide bonds. The lowest BCUT2D eigenvalue weighted by atomic mass is 10.1. The van der Waals surface area contributed by atoms with E-state index in [1.807, 2.05) is 0 Å². The number of carbonyl (C=O) groups excluding carboxylic acids is 2. The summed E-state index contributed by atoms with van der Waals surface area (Å²) >= 11 is 0. The van der Waals surface area contributed by atoms with Crippen LogP contribution in [0.5, 0.6) is 0 Å². The zero-order valence-electron chi connectivity index (χ0n) is 13.7. The van der Waals surface area contributed by atoms with E-state index in [0.29, 0.717) is 6.42 Å². The molecule has 7 nitrogen and oxygen atoms in total. The molecule has 0 unspecified atom stereocenters. The van der Waals surface area contributed by atoms with Crippen molar-refractivity contribution >= 4 is 18.0 Å². The van der Waals surface area contributed by atoms with Crippen molar-refractivity contribution in [2.75, 3.05) is 0 Å². The Morgan fingerprint density at radius 3 is 2.27 bits per heavy atom. The van der Waals surface area contributed by atoms with Crippen molar-refractivity contribution in [1.29, 1.82) is 0 Å². The average Bonchev–Trinajstić information content (AvgIpc) is 2.29. The van der Waals surface area contributed by atoms with Crippen molar-refractivity contribution < 1.29 is 29.0 Å². The number of hydrogen-bond donors (Lipinski definition) is 2. The van der Waals surface area contributed by atoms with Crippen LogP contribution >= 0.6 is 0 Å². The fourth-order valence-corrected chi connectivity index (χ4v) is 1.42. The van der Waals surface area contributed by atoms with Crippen molar-refractivity contribution in [3.63, 3.8) is 0 Å². The third-order valence-corrected chi connectivity index (χ3v) is 2.22. The van der Waals surface area contributed by atoms with E-state index >= 15 is 0 Å². The lowest BCUT2D eigenvalue weighted by Gasteiger charge is -2.21. The number of allylic oxidation sites excluding steroid dienone is 1. The lowest BCUT2D eigenvalue weighted by Crippen LogP contribution is -2.43. The van der Waals surface area contributed by atoms with E-state index in [1.54, 1.807) is 34.6 Å². The Kier molecular flexibility index (Phi) is 8.22. The Hall–Kier alpha value is -2.05. The van der Waals surface area contributed by atoms with Crippen LogP contribution in [-0.4, -0.2) is 40.9 Å². The summed E-state index contributed by atoms with van der Waals surface area (Å²) < 4.78 is 9.89. The van der Waals surface area contributed by atoms with Crippen LogP contribution in [0, 0.1) is 0 Å². The molecule has 0 radical (unpaired) electrons. The maximum Gasteiger partial charge on any atom is 0.408 e. The van der Waals surface area contributed by atoms with Crippen molar-refractivity contribution in [1.82, 2.24) is 5.32 Å². The van der Waals surface area contributed by atoms with Gasteiger partial charge in [-0.2, -0.15) is 0 Å². The second-order valence-electron chi connectivity index (χ2n) is 6.00. The molecule has 0 aromatic rings. The molecule has 1 atom stereocenters. The molecular weight excluding hydrogens is 290 g/mol. The molecule has 126 valence electrons. The molecule has 0 aromatic heterocycles. The summed E-state index contributed by atoms with van der Waals surface area (Å²) in [6, 6.07) is -1.08. The molecule has 0 aliphatic heterocycles. The van der Waals surface area contributed by atoms with Crippen LogP contribution in [0.2, 0.25) is 0 Å². The first kappa shape index (κ1) is 19.9. The quantitative estimate of drug-likeness (QED) is 0.552. The van der Waals surface area contributed by atoms with Crippen molar-refractivity contribution in [3.8, 4) is 0 Å². The maximum atomic E-state index is 11.5. The zero-order chi connectivity index (χ0) is 17.3. The summed E-state index contributed by atoms with van der Waals surface area (Å²) in [5.74, 6) is -1.65. The van der Waals surface area contributed by atoms with Crippen LogP contribution in [0.4, 0.5) is 4.79 Å². The summed E-state index contributed by atoms with van der Waals surface area (Å²) in [5, 5.41) is 11.3. The summed E-state index contributed by atoms with van der Waals surface area (Å²) in [5.41, 5.74) is -0.701. The third kappa shape index (κ3) is 10.7. The number of esters is 1. The summed E-state index contributed by atoms with van der Waals surface area (Å²) in [7, 11) is 0. The number of alkyl carbamates (subject to hydrolysis) is 1. The zero-order valence-corrected chi connectivity index (χ0v) is 13.7. The van der Waals surface area contributed by atoms with Crippen molar-refractivity contribution in [2.24, 2.45) is 0 Å². The number of nitrogens with one attached hydrogen (secondary N) is 1. The minimum atomic E-state index is -1.16. The number of aliphatic carboxylic acids is 1. The van der Waals surface area contributed by atoms with Gasteiger partial charge in [0.05, 0.1) is 6.10 Å². The largest absolute Gasteiger partial charge is 0.480 e. The van der Waals surface area contributed by atoms with Gasteiger partial charge in [-0.25, -0.2) is 14.4 Å². The first-order valence-electron chi connectivity index (χ1n) is 7.10. The van der Waals surface area contributed by atoms with Gasteiger partial charge in [-0.1, -0.05) is 6.08 Å². The van der Waals surface area contributed by atoms with Crippen LogP contribution in [0.1, 0.15) is 47.5 Å². The van der Waals surface area contributed by atoms with E-state index in [0.717, 1.165) is 0 Å². The fraction of sp³-hybridized carbons (Fsp3) is 0.667. The SMILES string of the molecule is CC(C)OC(=O)/C=C/CC[C@H](NC(=O)OC(C)(C)C)C(=O)O. The molecule has 7 heteroatoms. The molecule has 0 bridgehead atoms. The van der Waals surface area contributed by atoms with E-state index in [-0.39, 0.29) is 12.5 Å². The highest BCUT2D eigenvalue weighted by Crippen LogP contribution is 2.08. The summed E-state index contributed by atoms with van der Waals surface area (Å²) in [4.78, 5) is 33.9. The third-order valence-electron chi connectivity index (χ3n) is 2.22. The minimum Gasteiger partial charge on any atom is -0.480 e. The highest BCUT2D eigenvalue weighted by molar-refractivity contribution is 5.82. The first-order chi connectivity index (χ1) is 10.0. The van der Waals surface area contributed by atoms with Gasteiger partial charge in [0, 0.05) is 6.08 Å². The van der Waals surface area contributed by atoms with E-state index in [4.69, 9.17) is 14.6 Å². The Morgan fingerprint density at radius 2 is 1.82 bits per heavy atom. The van der Waals surface area contributed by atoms with E-state index in [9.17, 15) is 14.4 Å². The summed E-state index contributed by atoms with van der Waals surface area (Å²) in [6.45, 7) is 8.52. The second kappa shape index (κ2) is 9.07. The van der Waals surface area contributed by atoms with Gasteiger partial charge in [0.2, 0.25) is 0 Å². The molecule has 0 aromatic carbocycles. The predicted octanol–water partition coefficient (Wildman–Crippen LogP) is 2.25. The Balaban J connectivity index is 4.32. The second-order valence-corrected chi connectivity index (χ2v) is 6.00. The molecule has 0 saturated heterocycles. The van der Waals surface area contributed by atoms with Gasteiger partial charge >= 0.3 is 18.0 Å². The van der Waals surface area contributed by atoms with Gasteiger partial charge in [-0.3, -0.25) is 0 Å². The van der Waals surface area contributed by atoms with E-state index < -0.39 is 29.7 Å². The number of carbonyl (C=O) groups is 3. The topological polar surface area (TPSA) is 102 Å². The number of carboxylic acids is 1. The van der Waals surface area contributed by atoms with Gasteiger partial charge in [0.25, 0.3) is 0 Å². The van der Waals surface area contributed by atoms with Crippen LogP contribution < -0.4 is 5.32 Å². The molecule has 0 heterocycles. The minimum absolute atomic E-state index is 0.139. The molecule has 2 N–H and O–H groups in total. The highest BCUT2D eigenvalue weighted by Gasteiger charge is 2.23. The number of ether oxygens (including phenoxy) is 2. The lowest BCUT2D eigenvalue weighted by molar-refractivity contribution is -0.141. The average molecular weight is 315 g/mol. The number of carboxylic acid groups (broad SMARTS) is 1. The van der Waals surface area contributed by atoms with Gasteiger partial charge in [-0.15, -0.1) is 0 Å². The fourth-order valence-electron chi connectivity index (χ4n) is 1.42. The predicted molar refractivity (Wildman–Crippen MR) is 80.4 cm³/mol. The van der Waals surface area contributed by atoms with Gasteiger partial charge in [-0.05, 0) is 47.5 Å². The Labute approximate surface area is 130 Å². The van der Waals surface area contributed by atoms with Crippen LogP contribution in [0.3, 0.4) is 0 Å². The smallest absolute Gasteiger partial charge is 0.408 e. The molecule has 0 aliphatic carbocycles. The monoisotopic (exact) mass is 315 g/mol. The number of hydrogen-bond acceptors (Lipinski definition) is 5. The van der Waals surface area contributed by atoms with Gasteiger partial charge < -0.3 is 19.9 Å². The molecule has 0 saturated carbocycles. The Bertz CT molecular complexity index is 422. The number of rotatable bonds is 7. The molecule has 0 rings (SSSR count). The van der Waals surface area contributed by atoms with Crippen LogP contribution in [0.15, 0.2) is 12.2 Å². The summed E-state index contributed by atoms with van der Waals surface area (Å²) in [6.07, 6.45) is 2.20. The Morgan fingerprint density at radius 1 is 1.23 bits per heavy atom. The van der Waals surface area contributed by atoms with Gasteiger partial charge in [0.15, 0.2) is 0 Å². The molecule has 0 aliphatic rings.